The van der Waals surface area contributed by atoms with E-state index in [2.05, 4.69) is 39.0 Å². The Kier molecular flexibility index (Phi) is 16.0. The van der Waals surface area contributed by atoms with E-state index in [1.807, 2.05) is 30.3 Å². The molecule has 4 heteroatoms. The number of carbonyl (C=O) groups is 1. The van der Waals surface area contributed by atoms with Crippen molar-refractivity contribution in [3.05, 3.63) is 53.1 Å². The van der Waals surface area contributed by atoms with Crippen LogP contribution < -0.4 is 14.2 Å². The monoisotopic (exact) mass is 508 g/mol. The van der Waals surface area contributed by atoms with E-state index in [0.29, 0.717) is 25.4 Å². The van der Waals surface area contributed by atoms with Gasteiger partial charge >= 0.3 is 0 Å². The lowest BCUT2D eigenvalue weighted by atomic mass is 10.1. The van der Waals surface area contributed by atoms with E-state index >= 15 is 0 Å². The summed E-state index contributed by atoms with van der Waals surface area (Å²) in [5.41, 5.74) is 2.71. The van der Waals surface area contributed by atoms with Gasteiger partial charge in [0.1, 0.15) is 6.29 Å². The lowest BCUT2D eigenvalue weighted by Gasteiger charge is -2.18. The van der Waals surface area contributed by atoms with Crippen LogP contribution in [-0.4, -0.2) is 26.1 Å². The Morgan fingerprint density at radius 2 is 0.973 bits per heavy atom. The first-order chi connectivity index (χ1) is 18.2. The van der Waals surface area contributed by atoms with E-state index in [1.54, 1.807) is 0 Å². The van der Waals surface area contributed by atoms with Crippen molar-refractivity contribution in [1.29, 1.82) is 0 Å². The van der Waals surface area contributed by atoms with E-state index < -0.39 is 0 Å². The average molecular weight is 509 g/mol. The molecule has 0 unspecified atom stereocenters. The van der Waals surface area contributed by atoms with E-state index in [9.17, 15) is 4.79 Å². The first kappa shape index (κ1) is 30.5. The summed E-state index contributed by atoms with van der Waals surface area (Å²) in [6, 6.07) is 11.7. The molecule has 0 saturated heterocycles. The SMILES string of the molecule is CCCCCCOc1cc(/C=C/c2ccc(C=O)cc2)cc(OCCCCCC)c1OCCCCCC. The zero-order chi connectivity index (χ0) is 26.6. The Morgan fingerprint density at radius 3 is 1.43 bits per heavy atom. The molecule has 0 aromatic heterocycles. The molecule has 2 rings (SSSR count). The van der Waals surface area contributed by atoms with Crippen LogP contribution in [0, 0.1) is 0 Å². The van der Waals surface area contributed by atoms with Crippen molar-refractivity contribution in [1.82, 2.24) is 0 Å². The number of hydrogen-bond donors (Lipinski definition) is 0. The van der Waals surface area contributed by atoms with Gasteiger partial charge in [0.2, 0.25) is 5.75 Å². The molecule has 0 fully saturated rings. The lowest BCUT2D eigenvalue weighted by Crippen LogP contribution is -2.06. The summed E-state index contributed by atoms with van der Waals surface area (Å²) in [4.78, 5) is 11.0. The van der Waals surface area contributed by atoms with Crippen molar-refractivity contribution in [2.45, 2.75) is 97.8 Å². The molecular formula is C33H48O4. The largest absolute Gasteiger partial charge is 0.490 e. The van der Waals surface area contributed by atoms with Crippen molar-refractivity contribution < 1.29 is 19.0 Å². The van der Waals surface area contributed by atoms with Gasteiger partial charge in [0.15, 0.2) is 11.5 Å². The molecule has 0 N–H and O–H groups in total. The summed E-state index contributed by atoms with van der Waals surface area (Å²) < 4.78 is 18.9. The highest BCUT2D eigenvalue weighted by Crippen LogP contribution is 2.40. The van der Waals surface area contributed by atoms with E-state index in [-0.39, 0.29) is 0 Å². The normalized spacial score (nSPS) is 11.1. The van der Waals surface area contributed by atoms with Crippen LogP contribution in [0.4, 0.5) is 0 Å². The molecule has 0 spiro atoms. The Morgan fingerprint density at radius 1 is 0.541 bits per heavy atom. The van der Waals surface area contributed by atoms with Gasteiger partial charge in [-0.3, -0.25) is 4.79 Å². The molecular weight excluding hydrogens is 460 g/mol. The van der Waals surface area contributed by atoms with Crippen molar-refractivity contribution >= 4 is 18.4 Å². The molecule has 0 bridgehead atoms. The fourth-order valence-electron chi connectivity index (χ4n) is 4.05. The molecule has 0 heterocycles. The number of carbonyl (C=O) groups excluding carboxylic acids is 1. The highest BCUT2D eigenvalue weighted by molar-refractivity contribution is 5.77. The van der Waals surface area contributed by atoms with Crippen LogP contribution in [0.1, 0.15) is 119 Å². The Labute approximate surface area is 225 Å². The molecule has 4 nitrogen and oxygen atoms in total. The van der Waals surface area contributed by atoms with Gasteiger partial charge in [0.25, 0.3) is 0 Å². The van der Waals surface area contributed by atoms with Crippen LogP contribution >= 0.6 is 0 Å². The Bertz CT molecular complexity index is 866. The number of aldehydes is 1. The van der Waals surface area contributed by atoms with Crippen molar-refractivity contribution in [2.75, 3.05) is 19.8 Å². The van der Waals surface area contributed by atoms with E-state index in [0.717, 1.165) is 53.9 Å². The third-order valence-corrected chi connectivity index (χ3v) is 6.34. The number of hydrogen-bond acceptors (Lipinski definition) is 4. The van der Waals surface area contributed by atoms with Crippen LogP contribution in [0.5, 0.6) is 17.2 Å². The minimum absolute atomic E-state index is 0.663. The zero-order valence-electron chi connectivity index (χ0n) is 23.4. The molecule has 0 aliphatic carbocycles. The molecule has 37 heavy (non-hydrogen) atoms. The molecule has 204 valence electrons. The topological polar surface area (TPSA) is 44.8 Å². The molecule has 0 aliphatic rings. The van der Waals surface area contributed by atoms with Gasteiger partial charge in [-0.05, 0) is 42.5 Å². The van der Waals surface area contributed by atoms with Crippen LogP contribution in [0.2, 0.25) is 0 Å². The van der Waals surface area contributed by atoms with Gasteiger partial charge in [-0.15, -0.1) is 0 Å². The quantitative estimate of drug-likeness (QED) is 0.0956. The van der Waals surface area contributed by atoms with E-state index in [4.69, 9.17) is 14.2 Å². The predicted molar refractivity (Wildman–Crippen MR) is 156 cm³/mol. The third-order valence-electron chi connectivity index (χ3n) is 6.34. The van der Waals surface area contributed by atoms with Gasteiger partial charge < -0.3 is 14.2 Å². The summed E-state index contributed by atoms with van der Waals surface area (Å²) in [5, 5.41) is 0. The first-order valence-corrected chi connectivity index (χ1v) is 14.5. The van der Waals surface area contributed by atoms with Gasteiger partial charge in [0.05, 0.1) is 19.8 Å². The maximum absolute atomic E-state index is 11.0. The fraction of sp³-hybridized carbons (Fsp3) is 0.545. The molecule has 0 aliphatic heterocycles. The minimum atomic E-state index is 0.663. The molecule has 0 saturated carbocycles. The summed E-state index contributed by atoms with van der Waals surface area (Å²) in [6.07, 6.45) is 18.8. The minimum Gasteiger partial charge on any atom is -0.490 e. The van der Waals surface area contributed by atoms with Gasteiger partial charge in [-0.1, -0.05) is 115 Å². The smallest absolute Gasteiger partial charge is 0.203 e. The fourth-order valence-corrected chi connectivity index (χ4v) is 4.05. The summed E-state index contributed by atoms with van der Waals surface area (Å²) in [5.74, 6) is 2.25. The summed E-state index contributed by atoms with van der Waals surface area (Å²) in [7, 11) is 0. The van der Waals surface area contributed by atoms with Crippen molar-refractivity contribution in [2.24, 2.45) is 0 Å². The van der Waals surface area contributed by atoms with Gasteiger partial charge in [-0.25, -0.2) is 0 Å². The standard InChI is InChI=1S/C33H48O4/c1-4-7-10-13-22-35-31-25-30(21-18-28-16-19-29(27-34)20-17-28)26-32(36-23-14-11-8-5-2)33(31)37-24-15-12-9-6-3/h16-21,25-27H,4-15,22-24H2,1-3H3/b21-18+. The predicted octanol–water partition coefficient (Wildman–Crippen LogP) is 9.55. The summed E-state index contributed by atoms with van der Waals surface area (Å²) in [6.45, 7) is 8.66. The number of unbranched alkanes of at least 4 members (excludes halogenated alkanes) is 9. The maximum atomic E-state index is 11.0. The zero-order valence-corrected chi connectivity index (χ0v) is 23.4. The molecule has 2 aromatic carbocycles. The second-order valence-corrected chi connectivity index (χ2v) is 9.69. The van der Waals surface area contributed by atoms with Gasteiger partial charge in [0, 0.05) is 5.56 Å². The summed E-state index contributed by atoms with van der Waals surface area (Å²) >= 11 is 0. The third kappa shape index (κ3) is 12.4. The van der Waals surface area contributed by atoms with E-state index in [1.165, 1.54) is 57.8 Å². The first-order valence-electron chi connectivity index (χ1n) is 14.5. The molecule has 0 radical (unpaired) electrons. The van der Waals surface area contributed by atoms with Crippen LogP contribution in [0.15, 0.2) is 36.4 Å². The molecule has 0 amide bonds. The number of ether oxygens (including phenoxy) is 3. The van der Waals surface area contributed by atoms with Crippen LogP contribution in [-0.2, 0) is 0 Å². The van der Waals surface area contributed by atoms with Crippen LogP contribution in [0.3, 0.4) is 0 Å². The number of rotatable bonds is 21. The molecule has 2 aromatic rings. The van der Waals surface area contributed by atoms with Crippen molar-refractivity contribution in [3.8, 4) is 17.2 Å². The highest BCUT2D eigenvalue weighted by atomic mass is 16.5. The average Bonchev–Trinajstić information content (AvgIpc) is 2.92. The molecule has 0 atom stereocenters. The maximum Gasteiger partial charge on any atom is 0.203 e. The Balaban J connectivity index is 2.26. The second kappa shape index (κ2) is 19.4. The highest BCUT2D eigenvalue weighted by Gasteiger charge is 2.15. The Hall–Kier alpha value is -2.75. The second-order valence-electron chi connectivity index (χ2n) is 9.69. The lowest BCUT2D eigenvalue weighted by molar-refractivity contribution is 0.112. The van der Waals surface area contributed by atoms with Crippen LogP contribution in [0.25, 0.3) is 12.2 Å². The number of benzene rings is 2. The van der Waals surface area contributed by atoms with Gasteiger partial charge in [-0.2, -0.15) is 0 Å². The van der Waals surface area contributed by atoms with Crippen molar-refractivity contribution in [3.63, 3.8) is 0 Å².